The summed E-state index contributed by atoms with van der Waals surface area (Å²) in [4.78, 5) is 14.8. The topological polar surface area (TPSA) is 38.7 Å². The van der Waals surface area contributed by atoms with Crippen LogP contribution in [0.1, 0.15) is 0 Å². The van der Waals surface area contributed by atoms with Crippen LogP contribution in [0.15, 0.2) is 164 Å². The van der Waals surface area contributed by atoms with E-state index >= 15 is 0 Å². The van der Waals surface area contributed by atoms with Crippen LogP contribution < -0.4 is 0 Å². The molecule has 46 heavy (non-hydrogen) atoms. The molecular weight excluding hydrogens is 558 g/mol. The highest BCUT2D eigenvalue weighted by atomic mass is 15.0. The molecule has 9 rings (SSSR count). The summed E-state index contributed by atoms with van der Waals surface area (Å²) in [7, 11) is 0. The van der Waals surface area contributed by atoms with Gasteiger partial charge in [-0.3, -0.25) is 0 Å². The smallest absolute Gasteiger partial charge is 0.164 e. The van der Waals surface area contributed by atoms with Gasteiger partial charge in [-0.1, -0.05) is 152 Å². The molecule has 0 spiro atoms. The third kappa shape index (κ3) is 4.41. The molecule has 8 aromatic rings. The first-order chi connectivity index (χ1) is 22.8. The molecule has 0 atom stereocenters. The molecular formula is C43H27N3. The predicted molar refractivity (Wildman–Crippen MR) is 189 cm³/mol. The van der Waals surface area contributed by atoms with Gasteiger partial charge >= 0.3 is 0 Å². The molecule has 0 saturated heterocycles. The van der Waals surface area contributed by atoms with Crippen molar-refractivity contribution in [3.05, 3.63) is 164 Å². The summed E-state index contributed by atoms with van der Waals surface area (Å²) in [6, 6.07) is 57.7. The lowest BCUT2D eigenvalue weighted by molar-refractivity contribution is 1.07. The van der Waals surface area contributed by atoms with Crippen molar-refractivity contribution in [1.29, 1.82) is 0 Å². The first-order valence-corrected chi connectivity index (χ1v) is 15.5. The van der Waals surface area contributed by atoms with E-state index in [9.17, 15) is 0 Å². The van der Waals surface area contributed by atoms with Gasteiger partial charge in [0.1, 0.15) is 0 Å². The van der Waals surface area contributed by atoms with Crippen LogP contribution in [0.4, 0.5) is 0 Å². The van der Waals surface area contributed by atoms with Gasteiger partial charge in [0.05, 0.1) is 0 Å². The molecule has 3 nitrogen and oxygen atoms in total. The summed E-state index contributed by atoms with van der Waals surface area (Å²) in [6.07, 6.45) is 0. The molecule has 0 bridgehead atoms. The molecule has 0 radical (unpaired) electrons. The van der Waals surface area contributed by atoms with Crippen LogP contribution in [0.2, 0.25) is 0 Å². The summed E-state index contributed by atoms with van der Waals surface area (Å²) < 4.78 is 0. The van der Waals surface area contributed by atoms with E-state index in [1.807, 2.05) is 60.7 Å². The lowest BCUT2D eigenvalue weighted by atomic mass is 9.90. The predicted octanol–water partition coefficient (Wildman–Crippen LogP) is 11.0. The third-order valence-electron chi connectivity index (χ3n) is 8.88. The van der Waals surface area contributed by atoms with Gasteiger partial charge in [0, 0.05) is 16.7 Å². The van der Waals surface area contributed by atoms with Gasteiger partial charge in [-0.15, -0.1) is 0 Å². The van der Waals surface area contributed by atoms with Crippen LogP contribution in [0.25, 0.3) is 89.4 Å². The van der Waals surface area contributed by atoms with Gasteiger partial charge in [0.25, 0.3) is 0 Å². The fourth-order valence-corrected chi connectivity index (χ4v) is 6.70. The zero-order valence-corrected chi connectivity index (χ0v) is 24.9. The molecule has 1 aromatic heterocycles. The van der Waals surface area contributed by atoms with E-state index in [4.69, 9.17) is 15.0 Å². The molecule has 3 heteroatoms. The monoisotopic (exact) mass is 585 g/mol. The summed E-state index contributed by atoms with van der Waals surface area (Å²) >= 11 is 0. The van der Waals surface area contributed by atoms with E-state index in [1.54, 1.807) is 0 Å². The Morgan fingerprint density at radius 2 is 0.696 bits per heavy atom. The lowest BCUT2D eigenvalue weighted by Gasteiger charge is -2.14. The first-order valence-electron chi connectivity index (χ1n) is 15.5. The number of rotatable bonds is 4. The standard InChI is InChI=1S/C43H27N3/c1-3-12-29(13-4-1)41-44-42(30-14-5-2-6-15-30)46-43(45-41)33-19-9-18-31(26-33)32-24-25-36-38-23-11-17-28-16-10-22-37(40(28)38)34-20-7-8-21-35(34)39(36)27-32/h1-27H. The van der Waals surface area contributed by atoms with E-state index < -0.39 is 0 Å². The summed E-state index contributed by atoms with van der Waals surface area (Å²) in [5.74, 6) is 1.97. The molecule has 1 aliphatic carbocycles. The molecule has 0 unspecified atom stereocenters. The van der Waals surface area contributed by atoms with Gasteiger partial charge in [0.2, 0.25) is 0 Å². The SMILES string of the molecule is c1ccc(-c2nc(-c3ccccc3)nc(-c3cccc(-c4ccc5c(c4)-c4ccccc4-c4cccc6cccc-5c46)c3)n2)cc1. The minimum Gasteiger partial charge on any atom is -0.208 e. The van der Waals surface area contributed by atoms with Crippen LogP contribution in [-0.2, 0) is 0 Å². The van der Waals surface area contributed by atoms with Crippen molar-refractivity contribution in [3.8, 4) is 78.7 Å². The van der Waals surface area contributed by atoms with Crippen LogP contribution in [0, 0.1) is 0 Å². The molecule has 0 aliphatic heterocycles. The minimum atomic E-state index is 0.650. The second kappa shape index (κ2) is 10.8. The molecule has 0 amide bonds. The Hall–Kier alpha value is -6.19. The van der Waals surface area contributed by atoms with Crippen molar-refractivity contribution >= 4 is 10.8 Å². The Bertz CT molecular complexity index is 2350. The highest BCUT2D eigenvalue weighted by Crippen LogP contribution is 2.48. The molecule has 0 saturated carbocycles. The molecule has 1 heterocycles. The Morgan fingerprint density at radius 3 is 1.33 bits per heavy atom. The van der Waals surface area contributed by atoms with Crippen molar-refractivity contribution < 1.29 is 0 Å². The van der Waals surface area contributed by atoms with Gasteiger partial charge in [-0.05, 0) is 67.4 Å². The Kier molecular flexibility index (Phi) is 6.14. The maximum absolute atomic E-state index is 4.97. The number of aromatic nitrogens is 3. The van der Waals surface area contributed by atoms with E-state index in [2.05, 4.69) is 103 Å². The quantitative estimate of drug-likeness (QED) is 0.206. The minimum absolute atomic E-state index is 0.650. The Balaban J connectivity index is 1.20. The van der Waals surface area contributed by atoms with Gasteiger partial charge < -0.3 is 0 Å². The van der Waals surface area contributed by atoms with Crippen LogP contribution in [0.3, 0.4) is 0 Å². The van der Waals surface area contributed by atoms with Crippen molar-refractivity contribution in [2.45, 2.75) is 0 Å². The van der Waals surface area contributed by atoms with E-state index in [0.717, 1.165) is 27.8 Å². The highest BCUT2D eigenvalue weighted by molar-refractivity contribution is 6.13. The average molecular weight is 586 g/mol. The molecule has 1 aliphatic rings. The number of hydrogen-bond acceptors (Lipinski definition) is 3. The van der Waals surface area contributed by atoms with Gasteiger partial charge in [-0.2, -0.15) is 0 Å². The van der Waals surface area contributed by atoms with Crippen molar-refractivity contribution in [1.82, 2.24) is 15.0 Å². The number of fused-ring (bicyclic) bond motifs is 5. The second-order valence-corrected chi connectivity index (χ2v) is 11.6. The second-order valence-electron chi connectivity index (χ2n) is 11.6. The highest BCUT2D eigenvalue weighted by Gasteiger charge is 2.21. The Labute approximate surface area is 267 Å². The van der Waals surface area contributed by atoms with Gasteiger partial charge in [0.15, 0.2) is 17.5 Å². The maximum Gasteiger partial charge on any atom is 0.164 e. The third-order valence-corrected chi connectivity index (χ3v) is 8.88. The fourth-order valence-electron chi connectivity index (χ4n) is 6.70. The molecule has 0 fully saturated rings. The summed E-state index contributed by atoms with van der Waals surface area (Å²) in [5, 5.41) is 2.57. The van der Waals surface area contributed by atoms with E-state index in [-0.39, 0.29) is 0 Å². The van der Waals surface area contributed by atoms with Crippen molar-refractivity contribution in [2.75, 3.05) is 0 Å². The van der Waals surface area contributed by atoms with Crippen molar-refractivity contribution in [3.63, 3.8) is 0 Å². The van der Waals surface area contributed by atoms with Crippen molar-refractivity contribution in [2.24, 2.45) is 0 Å². The number of nitrogens with zero attached hydrogens (tertiary/aromatic N) is 3. The summed E-state index contributed by atoms with van der Waals surface area (Å²) in [6.45, 7) is 0. The molecule has 7 aromatic carbocycles. The van der Waals surface area contributed by atoms with E-state index in [0.29, 0.717) is 17.5 Å². The first kappa shape index (κ1) is 26.2. The zero-order chi connectivity index (χ0) is 30.5. The van der Waals surface area contributed by atoms with Gasteiger partial charge in [-0.25, -0.2) is 15.0 Å². The molecule has 0 N–H and O–H groups in total. The maximum atomic E-state index is 4.97. The summed E-state index contributed by atoms with van der Waals surface area (Å²) in [5.41, 5.74) is 12.7. The zero-order valence-electron chi connectivity index (χ0n) is 24.9. The molecule has 214 valence electrons. The van der Waals surface area contributed by atoms with E-state index in [1.165, 1.54) is 44.2 Å². The largest absolute Gasteiger partial charge is 0.208 e. The normalized spacial score (nSPS) is 11.5. The van der Waals surface area contributed by atoms with Crippen LogP contribution in [-0.4, -0.2) is 15.0 Å². The number of hydrogen-bond donors (Lipinski definition) is 0. The Morgan fingerprint density at radius 1 is 0.261 bits per heavy atom. The van der Waals surface area contributed by atoms with Crippen LogP contribution >= 0.6 is 0 Å². The van der Waals surface area contributed by atoms with Crippen LogP contribution in [0.5, 0.6) is 0 Å². The lowest BCUT2D eigenvalue weighted by Crippen LogP contribution is -2.00. The number of benzene rings is 7. The fraction of sp³-hybridized carbons (Fsp3) is 0. The average Bonchev–Trinajstić information content (AvgIpc) is 3.26.